The Morgan fingerprint density at radius 2 is 2.00 bits per heavy atom. The summed E-state index contributed by atoms with van der Waals surface area (Å²) < 4.78 is 5.95. The van der Waals surface area contributed by atoms with Gasteiger partial charge >= 0.3 is 0 Å². The van der Waals surface area contributed by atoms with E-state index in [9.17, 15) is 0 Å². The van der Waals surface area contributed by atoms with E-state index in [1.165, 1.54) is 19.3 Å². The van der Waals surface area contributed by atoms with Crippen molar-refractivity contribution < 1.29 is 4.74 Å². The molecular formula is C16H32N2O. The van der Waals surface area contributed by atoms with Crippen LogP contribution in [0.4, 0.5) is 0 Å². The molecule has 3 heteroatoms. The highest BCUT2D eigenvalue weighted by Gasteiger charge is 2.39. The number of hydrogen-bond acceptors (Lipinski definition) is 3. The lowest BCUT2D eigenvalue weighted by Crippen LogP contribution is -2.65. The topological polar surface area (TPSA) is 24.5 Å². The largest absolute Gasteiger partial charge is 0.377 e. The molecule has 2 saturated heterocycles. The zero-order chi connectivity index (χ0) is 14.1. The van der Waals surface area contributed by atoms with Crippen LogP contribution in [0.2, 0.25) is 0 Å². The van der Waals surface area contributed by atoms with Gasteiger partial charge in [-0.05, 0) is 38.5 Å². The maximum absolute atomic E-state index is 5.95. The van der Waals surface area contributed by atoms with Crippen LogP contribution in [0, 0.1) is 5.41 Å². The van der Waals surface area contributed by atoms with Crippen LogP contribution in [0.3, 0.4) is 0 Å². The van der Waals surface area contributed by atoms with Crippen LogP contribution in [-0.4, -0.2) is 48.8 Å². The van der Waals surface area contributed by atoms with Gasteiger partial charge in [0.1, 0.15) is 0 Å². The summed E-state index contributed by atoms with van der Waals surface area (Å²) in [6.07, 6.45) is 4.26. The number of hydrogen-bond donors (Lipinski definition) is 1. The number of nitrogens with one attached hydrogen (secondary N) is 1. The van der Waals surface area contributed by atoms with E-state index in [1.54, 1.807) is 0 Å². The minimum absolute atomic E-state index is 0.219. The molecule has 0 radical (unpaired) electrons. The maximum Gasteiger partial charge on any atom is 0.0702 e. The summed E-state index contributed by atoms with van der Waals surface area (Å²) in [5.74, 6) is 0. The molecule has 0 amide bonds. The molecule has 19 heavy (non-hydrogen) atoms. The highest BCUT2D eigenvalue weighted by atomic mass is 16.5. The highest BCUT2D eigenvalue weighted by molar-refractivity contribution is 4.97. The normalized spacial score (nSPS) is 33.3. The monoisotopic (exact) mass is 268 g/mol. The van der Waals surface area contributed by atoms with Gasteiger partial charge in [0.15, 0.2) is 0 Å². The van der Waals surface area contributed by atoms with Crippen LogP contribution in [0.15, 0.2) is 0 Å². The molecule has 0 aromatic rings. The SMILES string of the molecule is CC1(C)CN(CC2CCCCO2)C(C(C)(C)C)CN1. The fourth-order valence-electron chi connectivity index (χ4n) is 3.43. The minimum Gasteiger partial charge on any atom is -0.377 e. The van der Waals surface area contributed by atoms with Gasteiger partial charge in [0.25, 0.3) is 0 Å². The summed E-state index contributed by atoms with van der Waals surface area (Å²) in [6.45, 7) is 15.9. The molecule has 1 N–H and O–H groups in total. The van der Waals surface area contributed by atoms with Crippen LogP contribution in [-0.2, 0) is 4.74 Å². The quantitative estimate of drug-likeness (QED) is 0.833. The molecular weight excluding hydrogens is 236 g/mol. The number of piperazine rings is 1. The first-order chi connectivity index (χ1) is 8.78. The van der Waals surface area contributed by atoms with Crippen molar-refractivity contribution in [1.82, 2.24) is 10.2 Å². The van der Waals surface area contributed by atoms with Gasteiger partial charge < -0.3 is 10.1 Å². The molecule has 0 bridgehead atoms. The summed E-state index contributed by atoms with van der Waals surface area (Å²) in [5, 5.41) is 3.70. The lowest BCUT2D eigenvalue weighted by atomic mass is 9.82. The Hall–Kier alpha value is -0.120. The molecule has 2 aliphatic heterocycles. The Morgan fingerprint density at radius 1 is 1.26 bits per heavy atom. The van der Waals surface area contributed by atoms with Gasteiger partial charge in [0.05, 0.1) is 6.10 Å². The molecule has 0 saturated carbocycles. The van der Waals surface area contributed by atoms with E-state index >= 15 is 0 Å². The van der Waals surface area contributed by atoms with Crippen molar-refractivity contribution in [3.8, 4) is 0 Å². The second-order valence-corrected chi connectivity index (χ2v) is 8.06. The van der Waals surface area contributed by atoms with Crippen molar-refractivity contribution in [2.24, 2.45) is 5.41 Å². The molecule has 0 aromatic carbocycles. The number of nitrogens with zero attached hydrogens (tertiary/aromatic N) is 1. The van der Waals surface area contributed by atoms with Gasteiger partial charge in [-0.2, -0.15) is 0 Å². The van der Waals surface area contributed by atoms with Gasteiger partial charge in [0.2, 0.25) is 0 Å². The van der Waals surface area contributed by atoms with Crippen molar-refractivity contribution in [2.45, 2.75) is 71.6 Å². The molecule has 112 valence electrons. The Balaban J connectivity index is 2.02. The zero-order valence-electron chi connectivity index (χ0n) is 13.5. The van der Waals surface area contributed by atoms with Crippen LogP contribution in [0.25, 0.3) is 0 Å². The Kier molecular flexibility index (Phi) is 4.59. The average Bonchev–Trinajstić information content (AvgIpc) is 2.27. The zero-order valence-corrected chi connectivity index (χ0v) is 13.5. The first-order valence-electron chi connectivity index (χ1n) is 7.89. The second kappa shape index (κ2) is 5.71. The molecule has 2 heterocycles. The summed E-state index contributed by atoms with van der Waals surface area (Å²) in [7, 11) is 0. The van der Waals surface area contributed by atoms with E-state index in [1.807, 2.05) is 0 Å². The van der Waals surface area contributed by atoms with Crippen molar-refractivity contribution in [3.05, 3.63) is 0 Å². The van der Waals surface area contributed by atoms with Crippen LogP contribution < -0.4 is 5.32 Å². The predicted octanol–water partition coefficient (Wildman–Crippen LogP) is 2.65. The third kappa shape index (κ3) is 4.17. The smallest absolute Gasteiger partial charge is 0.0702 e. The minimum atomic E-state index is 0.219. The molecule has 2 fully saturated rings. The van der Waals surface area contributed by atoms with Crippen molar-refractivity contribution in [2.75, 3.05) is 26.2 Å². The van der Waals surface area contributed by atoms with Crippen molar-refractivity contribution in [3.63, 3.8) is 0 Å². The van der Waals surface area contributed by atoms with Crippen LogP contribution in [0.5, 0.6) is 0 Å². The Bertz CT molecular complexity index is 290. The van der Waals surface area contributed by atoms with Crippen LogP contribution >= 0.6 is 0 Å². The average molecular weight is 268 g/mol. The lowest BCUT2D eigenvalue weighted by molar-refractivity contribution is -0.0438. The Morgan fingerprint density at radius 3 is 2.58 bits per heavy atom. The molecule has 3 nitrogen and oxygen atoms in total. The summed E-state index contributed by atoms with van der Waals surface area (Å²) in [6, 6.07) is 0.603. The standard InChI is InChI=1S/C16H32N2O/c1-15(2,3)14-10-17-16(4,5)12-18(14)11-13-8-6-7-9-19-13/h13-14,17H,6-12H2,1-5H3. The van der Waals surface area contributed by atoms with E-state index in [4.69, 9.17) is 4.74 Å². The number of rotatable bonds is 2. The van der Waals surface area contributed by atoms with Gasteiger partial charge in [-0.25, -0.2) is 0 Å². The second-order valence-electron chi connectivity index (χ2n) is 8.06. The molecule has 2 rings (SSSR count). The van der Waals surface area contributed by atoms with E-state index in [0.717, 1.165) is 26.2 Å². The van der Waals surface area contributed by atoms with E-state index in [2.05, 4.69) is 44.8 Å². The molecule has 0 aromatic heterocycles. The molecule has 2 atom stereocenters. The van der Waals surface area contributed by atoms with Gasteiger partial charge in [-0.15, -0.1) is 0 Å². The first-order valence-corrected chi connectivity index (χ1v) is 7.89. The van der Waals surface area contributed by atoms with E-state index < -0.39 is 0 Å². The molecule has 0 spiro atoms. The third-order valence-electron chi connectivity index (χ3n) is 4.52. The van der Waals surface area contributed by atoms with Crippen LogP contribution in [0.1, 0.15) is 53.9 Å². The molecule has 0 aliphatic carbocycles. The number of ether oxygens (including phenoxy) is 1. The summed E-state index contributed by atoms with van der Waals surface area (Å²) >= 11 is 0. The van der Waals surface area contributed by atoms with Gasteiger partial charge in [-0.3, -0.25) is 4.90 Å². The maximum atomic E-state index is 5.95. The summed E-state index contributed by atoms with van der Waals surface area (Å²) in [5.41, 5.74) is 0.536. The lowest BCUT2D eigenvalue weighted by Gasteiger charge is -2.50. The predicted molar refractivity (Wildman–Crippen MR) is 80.5 cm³/mol. The molecule has 2 unspecified atom stereocenters. The summed E-state index contributed by atoms with van der Waals surface area (Å²) in [4.78, 5) is 2.67. The van der Waals surface area contributed by atoms with Gasteiger partial charge in [0, 0.05) is 37.8 Å². The third-order valence-corrected chi connectivity index (χ3v) is 4.52. The van der Waals surface area contributed by atoms with E-state index in [0.29, 0.717) is 17.6 Å². The van der Waals surface area contributed by atoms with Gasteiger partial charge in [-0.1, -0.05) is 20.8 Å². The molecule has 2 aliphatic rings. The Labute approximate surface area is 119 Å². The first kappa shape index (κ1) is 15.3. The van der Waals surface area contributed by atoms with Crippen molar-refractivity contribution in [1.29, 1.82) is 0 Å². The van der Waals surface area contributed by atoms with E-state index in [-0.39, 0.29) is 5.54 Å². The highest BCUT2D eigenvalue weighted by Crippen LogP contribution is 2.29. The van der Waals surface area contributed by atoms with Crippen molar-refractivity contribution >= 4 is 0 Å². The fourth-order valence-corrected chi connectivity index (χ4v) is 3.43. The fraction of sp³-hybridized carbons (Fsp3) is 1.00.